The lowest BCUT2D eigenvalue weighted by atomic mass is 9.98. The van der Waals surface area contributed by atoms with Crippen molar-refractivity contribution in [3.05, 3.63) is 94.5 Å². The van der Waals surface area contributed by atoms with Crippen molar-refractivity contribution in [2.75, 3.05) is 7.11 Å². The molecule has 1 aliphatic rings. The third-order valence-electron chi connectivity index (χ3n) is 5.43. The third kappa shape index (κ3) is 3.53. The summed E-state index contributed by atoms with van der Waals surface area (Å²) in [5.74, 6) is -1.10. The van der Waals surface area contributed by atoms with Crippen molar-refractivity contribution in [2.24, 2.45) is 0 Å². The molecular formula is C24H20ClNO4. The van der Waals surface area contributed by atoms with Gasteiger partial charge in [0.05, 0.1) is 13.2 Å². The monoisotopic (exact) mass is 421 g/mol. The van der Waals surface area contributed by atoms with E-state index in [4.69, 9.17) is 16.3 Å². The number of fused-ring (bicyclic) bond motifs is 3. The number of benzene rings is 3. The molecule has 0 radical (unpaired) electrons. The molecule has 4 rings (SSSR count). The van der Waals surface area contributed by atoms with E-state index in [0.717, 1.165) is 27.8 Å². The molecule has 1 aliphatic carbocycles. The average Bonchev–Trinajstić information content (AvgIpc) is 3.09. The maximum Gasteiger partial charge on any atom is 0.411 e. The number of nitrogens with zero attached hydrogens (tertiary/aromatic N) is 1. The zero-order valence-corrected chi connectivity index (χ0v) is 17.0. The van der Waals surface area contributed by atoms with Gasteiger partial charge >= 0.3 is 12.1 Å². The van der Waals surface area contributed by atoms with Gasteiger partial charge < -0.3 is 9.84 Å². The quantitative estimate of drug-likeness (QED) is 0.616. The first-order valence-corrected chi connectivity index (χ1v) is 9.91. The Morgan fingerprint density at radius 2 is 1.50 bits per heavy atom. The first-order valence-electron chi connectivity index (χ1n) is 9.53. The van der Waals surface area contributed by atoms with E-state index >= 15 is 0 Å². The van der Waals surface area contributed by atoms with Crippen LogP contribution in [-0.2, 0) is 16.0 Å². The Balaban J connectivity index is 1.83. The summed E-state index contributed by atoms with van der Waals surface area (Å²) < 4.78 is 5.05. The number of hydrogen-bond donors (Lipinski definition) is 1. The molecular weight excluding hydrogens is 402 g/mol. The second-order valence-electron chi connectivity index (χ2n) is 7.14. The van der Waals surface area contributed by atoms with Crippen molar-refractivity contribution in [1.82, 2.24) is 4.90 Å². The molecule has 0 saturated carbocycles. The molecule has 3 aromatic rings. The lowest BCUT2D eigenvalue weighted by Gasteiger charge is -2.34. The maximum absolute atomic E-state index is 12.9. The molecule has 1 N–H and O–H groups in total. The van der Waals surface area contributed by atoms with Crippen LogP contribution in [0.4, 0.5) is 4.79 Å². The van der Waals surface area contributed by atoms with Crippen LogP contribution in [0, 0.1) is 0 Å². The zero-order chi connectivity index (χ0) is 21.3. The summed E-state index contributed by atoms with van der Waals surface area (Å²) in [6.45, 7) is 0. The fourth-order valence-corrected chi connectivity index (χ4v) is 4.22. The summed E-state index contributed by atoms with van der Waals surface area (Å²) in [6, 6.07) is 20.7. The Kier molecular flexibility index (Phi) is 5.46. The first-order chi connectivity index (χ1) is 14.5. The highest BCUT2D eigenvalue weighted by molar-refractivity contribution is 6.30. The van der Waals surface area contributed by atoms with Crippen molar-refractivity contribution in [3.8, 4) is 11.1 Å². The number of methoxy groups -OCH3 is 1. The van der Waals surface area contributed by atoms with Gasteiger partial charge in [-0.05, 0) is 39.9 Å². The molecule has 5 nitrogen and oxygen atoms in total. The molecule has 0 fully saturated rings. The molecule has 0 heterocycles. The molecule has 0 aromatic heterocycles. The van der Waals surface area contributed by atoms with Gasteiger partial charge in [0.1, 0.15) is 6.04 Å². The predicted octanol–water partition coefficient (Wildman–Crippen LogP) is 5.17. The van der Waals surface area contributed by atoms with E-state index in [9.17, 15) is 14.7 Å². The molecule has 1 atom stereocenters. The minimum Gasteiger partial charge on any atom is -0.480 e. The van der Waals surface area contributed by atoms with Crippen molar-refractivity contribution < 1.29 is 19.4 Å². The van der Waals surface area contributed by atoms with Crippen molar-refractivity contribution >= 4 is 23.7 Å². The Labute approximate surface area is 179 Å². The lowest BCUT2D eigenvalue weighted by molar-refractivity contribution is -0.143. The zero-order valence-electron chi connectivity index (χ0n) is 16.3. The number of carboxylic acid groups (broad SMARTS) is 1. The topological polar surface area (TPSA) is 66.8 Å². The second kappa shape index (κ2) is 8.20. The summed E-state index contributed by atoms with van der Waals surface area (Å²) >= 11 is 5.96. The van der Waals surface area contributed by atoms with E-state index in [1.165, 1.54) is 12.0 Å². The van der Waals surface area contributed by atoms with Gasteiger partial charge in [-0.2, -0.15) is 0 Å². The molecule has 30 heavy (non-hydrogen) atoms. The van der Waals surface area contributed by atoms with E-state index in [1.54, 1.807) is 24.3 Å². The van der Waals surface area contributed by atoms with Gasteiger partial charge in [-0.15, -0.1) is 0 Å². The molecule has 152 valence electrons. The number of carbonyl (C=O) groups is 2. The molecule has 0 aliphatic heterocycles. The first kappa shape index (κ1) is 20.0. The van der Waals surface area contributed by atoms with Crippen LogP contribution < -0.4 is 0 Å². The summed E-state index contributed by atoms with van der Waals surface area (Å²) in [6.07, 6.45) is -0.560. The Hall–Kier alpha value is -3.31. The molecule has 0 saturated heterocycles. The molecule has 1 amide bonds. The third-order valence-corrected chi connectivity index (χ3v) is 5.68. The van der Waals surface area contributed by atoms with Gasteiger partial charge in [0.15, 0.2) is 0 Å². The highest BCUT2D eigenvalue weighted by Gasteiger charge is 2.42. The molecule has 3 aromatic carbocycles. The second-order valence-corrected chi connectivity index (χ2v) is 7.58. The van der Waals surface area contributed by atoms with Crippen LogP contribution in [0.2, 0.25) is 5.02 Å². The van der Waals surface area contributed by atoms with Gasteiger partial charge in [0, 0.05) is 11.4 Å². The van der Waals surface area contributed by atoms with Gasteiger partial charge in [-0.3, -0.25) is 4.90 Å². The van der Waals surface area contributed by atoms with E-state index in [1.807, 2.05) is 48.5 Å². The van der Waals surface area contributed by atoms with Gasteiger partial charge in [0.25, 0.3) is 0 Å². The lowest BCUT2D eigenvalue weighted by Crippen LogP contribution is -2.48. The van der Waals surface area contributed by atoms with E-state index < -0.39 is 24.1 Å². The number of halogens is 1. The minimum atomic E-state index is -1.12. The van der Waals surface area contributed by atoms with E-state index in [2.05, 4.69) is 0 Å². The molecule has 0 bridgehead atoms. The van der Waals surface area contributed by atoms with E-state index in [0.29, 0.717) is 5.02 Å². The predicted molar refractivity (Wildman–Crippen MR) is 115 cm³/mol. The minimum absolute atomic E-state index is 0.127. The summed E-state index contributed by atoms with van der Waals surface area (Å²) in [5, 5.41) is 10.6. The Morgan fingerprint density at radius 3 is 2.00 bits per heavy atom. The average molecular weight is 422 g/mol. The number of rotatable bonds is 5. The number of amides is 1. The van der Waals surface area contributed by atoms with Crippen LogP contribution in [0.15, 0.2) is 72.8 Å². The van der Waals surface area contributed by atoms with Crippen LogP contribution in [-0.4, -0.2) is 35.2 Å². The van der Waals surface area contributed by atoms with Crippen LogP contribution >= 0.6 is 11.6 Å². The molecule has 0 unspecified atom stereocenters. The number of hydrogen-bond acceptors (Lipinski definition) is 3. The van der Waals surface area contributed by atoms with Gasteiger partial charge in [-0.1, -0.05) is 72.3 Å². The Morgan fingerprint density at radius 1 is 0.967 bits per heavy atom. The van der Waals surface area contributed by atoms with Crippen LogP contribution in [0.25, 0.3) is 11.1 Å². The van der Waals surface area contributed by atoms with Crippen LogP contribution in [0.3, 0.4) is 0 Å². The number of carboxylic acids is 1. The standard InChI is InChI=1S/C24H20ClNO4/c1-30-24(29)26(21(23(27)28)14-15-10-12-16(25)13-11-15)22-19-8-4-2-6-17(19)18-7-3-5-9-20(18)22/h2-13,21-22H,14H2,1H3,(H,27,28)/t21-/m0/s1. The highest BCUT2D eigenvalue weighted by atomic mass is 35.5. The number of aliphatic carboxylic acids is 1. The van der Waals surface area contributed by atoms with Crippen molar-refractivity contribution in [1.29, 1.82) is 0 Å². The Bertz CT molecular complexity index is 1050. The molecule has 0 spiro atoms. The van der Waals surface area contributed by atoms with Gasteiger partial charge in [0.2, 0.25) is 0 Å². The number of ether oxygens (including phenoxy) is 1. The van der Waals surface area contributed by atoms with E-state index in [-0.39, 0.29) is 6.42 Å². The normalized spacial score (nSPS) is 13.3. The van der Waals surface area contributed by atoms with Gasteiger partial charge in [-0.25, -0.2) is 9.59 Å². The number of carbonyl (C=O) groups excluding carboxylic acids is 1. The highest BCUT2D eigenvalue weighted by Crippen LogP contribution is 2.47. The molecule has 6 heteroatoms. The van der Waals surface area contributed by atoms with Crippen molar-refractivity contribution in [3.63, 3.8) is 0 Å². The summed E-state index contributed by atoms with van der Waals surface area (Å²) in [4.78, 5) is 26.6. The van der Waals surface area contributed by atoms with Crippen molar-refractivity contribution in [2.45, 2.75) is 18.5 Å². The maximum atomic E-state index is 12.9. The SMILES string of the molecule is COC(=O)N(C1c2ccccc2-c2ccccc21)[C@@H](Cc1ccc(Cl)cc1)C(=O)O. The fourth-order valence-electron chi connectivity index (χ4n) is 4.10. The van der Waals surface area contributed by atoms with Crippen LogP contribution in [0.5, 0.6) is 0 Å². The fraction of sp³-hybridized carbons (Fsp3) is 0.167. The van der Waals surface area contributed by atoms with Crippen LogP contribution in [0.1, 0.15) is 22.7 Å². The summed E-state index contributed by atoms with van der Waals surface area (Å²) in [5.41, 5.74) is 4.50. The smallest absolute Gasteiger partial charge is 0.411 e. The largest absolute Gasteiger partial charge is 0.480 e. The summed E-state index contributed by atoms with van der Waals surface area (Å²) in [7, 11) is 1.27.